The number of nitrogens with one attached hydrogen (secondary N) is 3. The van der Waals surface area contributed by atoms with Crippen molar-refractivity contribution in [3.63, 3.8) is 0 Å². The zero-order valence-corrected chi connectivity index (χ0v) is 27.8. The molecular weight excluding hydrogens is 641 g/mol. The maximum Gasteiger partial charge on any atom is 0.431 e. The molecule has 246 valence electrons. The topological polar surface area (TPSA) is 123 Å². The van der Waals surface area contributed by atoms with Crippen LogP contribution in [0.4, 0.5) is 26.9 Å². The molecule has 1 aliphatic carbocycles. The highest BCUT2D eigenvalue weighted by atomic mass is 35.5. The Labute approximate surface area is 283 Å². The molecule has 0 radical (unpaired) electrons. The number of halogens is 2. The predicted molar refractivity (Wildman–Crippen MR) is 183 cm³/mol. The number of ether oxygens (including phenoxy) is 1. The van der Waals surface area contributed by atoms with Gasteiger partial charge in [-0.15, -0.1) is 5.06 Å². The van der Waals surface area contributed by atoms with Gasteiger partial charge in [0.15, 0.2) is 0 Å². The van der Waals surface area contributed by atoms with Crippen molar-refractivity contribution < 1.29 is 19.2 Å². The number of urea groups is 1. The molecule has 0 spiro atoms. The maximum absolute atomic E-state index is 13.3. The van der Waals surface area contributed by atoms with Gasteiger partial charge in [-0.05, 0) is 62.9 Å². The van der Waals surface area contributed by atoms with E-state index < -0.39 is 12.1 Å². The second kappa shape index (κ2) is 14.2. The Morgan fingerprint density at radius 3 is 2.36 bits per heavy atom. The second-order valence-electron chi connectivity index (χ2n) is 12.2. The van der Waals surface area contributed by atoms with E-state index in [-0.39, 0.29) is 27.0 Å². The summed E-state index contributed by atoms with van der Waals surface area (Å²) >= 11 is 13.2. The number of pyridine rings is 1. The minimum atomic E-state index is -0.632. The highest BCUT2D eigenvalue weighted by molar-refractivity contribution is 6.45. The quantitative estimate of drug-likeness (QED) is 0.170. The van der Waals surface area contributed by atoms with Gasteiger partial charge in [-0.1, -0.05) is 67.1 Å². The van der Waals surface area contributed by atoms with Crippen LogP contribution in [0.25, 0.3) is 5.69 Å². The Hall–Kier alpha value is -4.32. The average Bonchev–Trinajstić information content (AvgIpc) is 3.72. The summed E-state index contributed by atoms with van der Waals surface area (Å²) in [7, 11) is 0. The average molecular weight is 679 g/mol. The van der Waals surface area contributed by atoms with E-state index in [1.54, 1.807) is 27.9 Å². The standard InChI is InChI=1S/C34H37Cl2N7O4/c1-22-8-10-23(11-9-22)43-29(21-27(41-43)34(2)15-4-3-5-16-34)40-32(44)38-25-12-13-26(31(36)30(25)35)46-24-14-17-37-28(20-24)39-33(45)47-42-18-6-7-19-42/h8-14,17,20-21H,3-7,15-16,18-19H2,1-2H3,(H,37,39,45)(H2,38,40,44). The number of hydrogen-bond donors (Lipinski definition) is 3. The molecule has 4 aromatic rings. The first-order valence-electron chi connectivity index (χ1n) is 15.8. The third-order valence-corrected chi connectivity index (χ3v) is 9.43. The molecule has 0 atom stereocenters. The first kappa shape index (κ1) is 32.6. The molecule has 1 saturated carbocycles. The number of hydrogen-bond acceptors (Lipinski definition) is 7. The van der Waals surface area contributed by atoms with Crippen molar-refractivity contribution in [3.8, 4) is 17.2 Å². The molecule has 47 heavy (non-hydrogen) atoms. The van der Waals surface area contributed by atoms with Gasteiger partial charge in [0.1, 0.15) is 28.2 Å². The van der Waals surface area contributed by atoms with Crippen LogP contribution in [0.1, 0.15) is 63.1 Å². The third-order valence-electron chi connectivity index (χ3n) is 8.57. The third kappa shape index (κ3) is 7.81. The van der Waals surface area contributed by atoms with Crippen molar-refractivity contribution in [2.75, 3.05) is 29.0 Å². The summed E-state index contributed by atoms with van der Waals surface area (Å²) in [6, 6.07) is 15.8. The summed E-state index contributed by atoms with van der Waals surface area (Å²) in [6.45, 7) is 5.68. The molecular formula is C34H37Cl2N7O4. The van der Waals surface area contributed by atoms with Gasteiger partial charge in [-0.3, -0.25) is 10.6 Å². The zero-order chi connectivity index (χ0) is 33.0. The first-order chi connectivity index (χ1) is 22.7. The summed E-state index contributed by atoms with van der Waals surface area (Å²) in [5, 5.41) is 15.1. The Morgan fingerprint density at radius 2 is 1.62 bits per heavy atom. The Balaban J connectivity index is 1.14. The number of amides is 3. The predicted octanol–water partition coefficient (Wildman–Crippen LogP) is 9.10. The van der Waals surface area contributed by atoms with Gasteiger partial charge in [0.25, 0.3) is 0 Å². The molecule has 0 bridgehead atoms. The van der Waals surface area contributed by atoms with E-state index in [2.05, 4.69) is 27.9 Å². The number of carbonyl (C=O) groups excluding carboxylic acids is 2. The Morgan fingerprint density at radius 1 is 0.872 bits per heavy atom. The van der Waals surface area contributed by atoms with Crippen LogP contribution in [0.2, 0.25) is 10.0 Å². The largest absolute Gasteiger partial charge is 0.456 e. The van der Waals surface area contributed by atoms with Gasteiger partial charge in [0.05, 0.1) is 22.1 Å². The summed E-state index contributed by atoms with van der Waals surface area (Å²) in [5.41, 5.74) is 3.16. The number of anilines is 3. The van der Waals surface area contributed by atoms with Crippen LogP contribution in [0.5, 0.6) is 11.5 Å². The number of aromatic nitrogens is 3. The molecule has 3 amide bonds. The lowest BCUT2D eigenvalue weighted by molar-refractivity contribution is -0.0739. The van der Waals surface area contributed by atoms with Crippen molar-refractivity contribution >= 4 is 52.6 Å². The number of benzene rings is 2. The van der Waals surface area contributed by atoms with Crippen molar-refractivity contribution in [3.05, 3.63) is 82.1 Å². The molecule has 2 aliphatic rings. The zero-order valence-electron chi connectivity index (χ0n) is 26.3. The first-order valence-corrected chi connectivity index (χ1v) is 16.5. The number of aryl methyl sites for hydroxylation is 1. The highest BCUT2D eigenvalue weighted by Crippen LogP contribution is 2.41. The normalized spacial score (nSPS) is 16.0. The summed E-state index contributed by atoms with van der Waals surface area (Å²) in [4.78, 5) is 35.0. The van der Waals surface area contributed by atoms with Gasteiger partial charge in [-0.2, -0.15) is 5.10 Å². The lowest BCUT2D eigenvalue weighted by atomic mass is 9.73. The minimum Gasteiger partial charge on any atom is -0.456 e. The van der Waals surface area contributed by atoms with Gasteiger partial charge >= 0.3 is 12.1 Å². The fraction of sp³-hybridized carbons (Fsp3) is 0.353. The molecule has 2 fully saturated rings. The fourth-order valence-electron chi connectivity index (χ4n) is 5.91. The Bertz CT molecular complexity index is 1750. The van der Waals surface area contributed by atoms with Gasteiger partial charge in [0.2, 0.25) is 0 Å². The highest BCUT2D eigenvalue weighted by Gasteiger charge is 2.32. The molecule has 11 nitrogen and oxygen atoms in total. The lowest BCUT2D eigenvalue weighted by Crippen LogP contribution is -2.27. The van der Waals surface area contributed by atoms with Crippen LogP contribution < -0.4 is 20.7 Å². The van der Waals surface area contributed by atoms with E-state index in [1.807, 2.05) is 37.3 Å². The molecule has 1 aliphatic heterocycles. The molecule has 2 aromatic heterocycles. The summed E-state index contributed by atoms with van der Waals surface area (Å²) in [6.07, 6.45) is 8.46. The van der Waals surface area contributed by atoms with Gasteiger partial charge in [0, 0.05) is 36.8 Å². The van der Waals surface area contributed by atoms with Crippen LogP contribution in [-0.4, -0.2) is 45.0 Å². The molecule has 1 saturated heterocycles. The van der Waals surface area contributed by atoms with Gasteiger partial charge in [-0.25, -0.2) is 19.3 Å². The number of carbonyl (C=O) groups is 2. The second-order valence-corrected chi connectivity index (χ2v) is 13.0. The van der Waals surface area contributed by atoms with Crippen molar-refractivity contribution in [1.82, 2.24) is 19.8 Å². The van der Waals surface area contributed by atoms with Crippen LogP contribution in [-0.2, 0) is 10.3 Å². The van der Waals surface area contributed by atoms with E-state index in [4.69, 9.17) is 37.9 Å². The van der Waals surface area contributed by atoms with Crippen LogP contribution >= 0.6 is 23.2 Å². The minimum absolute atomic E-state index is 0.0592. The van der Waals surface area contributed by atoms with E-state index >= 15 is 0 Å². The van der Waals surface area contributed by atoms with Gasteiger partial charge < -0.3 is 14.9 Å². The lowest BCUT2D eigenvalue weighted by Gasteiger charge is -2.31. The number of rotatable bonds is 8. The molecule has 0 unspecified atom stereocenters. The fourth-order valence-corrected chi connectivity index (χ4v) is 6.31. The molecule has 2 aromatic carbocycles. The van der Waals surface area contributed by atoms with Crippen molar-refractivity contribution in [1.29, 1.82) is 0 Å². The van der Waals surface area contributed by atoms with Crippen molar-refractivity contribution in [2.45, 2.75) is 64.2 Å². The maximum atomic E-state index is 13.3. The number of hydroxylamine groups is 2. The summed E-state index contributed by atoms with van der Waals surface area (Å²) in [5.74, 6) is 1.40. The molecule has 3 N–H and O–H groups in total. The molecule has 3 heterocycles. The summed E-state index contributed by atoms with van der Waals surface area (Å²) < 4.78 is 7.71. The van der Waals surface area contributed by atoms with Crippen LogP contribution in [0, 0.1) is 6.92 Å². The smallest absolute Gasteiger partial charge is 0.431 e. The SMILES string of the molecule is Cc1ccc(-n2nc(C3(C)CCCCC3)cc2NC(=O)Nc2ccc(Oc3ccnc(NC(=O)ON4CCCC4)c3)c(Cl)c2Cl)cc1. The van der Waals surface area contributed by atoms with Crippen LogP contribution in [0.15, 0.2) is 60.8 Å². The van der Waals surface area contributed by atoms with E-state index in [0.717, 1.165) is 55.5 Å². The Kier molecular flexibility index (Phi) is 9.86. The number of nitrogens with zero attached hydrogens (tertiary/aromatic N) is 4. The van der Waals surface area contributed by atoms with Crippen LogP contribution in [0.3, 0.4) is 0 Å². The van der Waals surface area contributed by atoms with Crippen molar-refractivity contribution in [2.24, 2.45) is 0 Å². The van der Waals surface area contributed by atoms with E-state index in [1.165, 1.54) is 18.7 Å². The molecule has 6 rings (SSSR count). The van der Waals surface area contributed by atoms with E-state index in [9.17, 15) is 9.59 Å². The molecule has 13 heteroatoms. The van der Waals surface area contributed by atoms with E-state index in [0.29, 0.717) is 30.3 Å². The monoisotopic (exact) mass is 677 g/mol.